The summed E-state index contributed by atoms with van der Waals surface area (Å²) in [6, 6.07) is 8.83. The third kappa shape index (κ3) is 5.12. The van der Waals surface area contributed by atoms with E-state index in [2.05, 4.69) is 10.3 Å². The lowest BCUT2D eigenvalue weighted by atomic mass is 9.76. The Bertz CT molecular complexity index is 1320. The molecule has 2 aromatic carbocycles. The molecule has 0 spiro atoms. The van der Waals surface area contributed by atoms with Crippen molar-refractivity contribution in [1.82, 2.24) is 4.98 Å². The summed E-state index contributed by atoms with van der Waals surface area (Å²) in [5, 5.41) is 23.1. The standard InChI is InChI=1S/C26H28ClN3O5/c1-13(25(33)30-19-9-7-17(28)11-14(19)4-2-3-5-21(31)32)18-8-6-15-10-16(27)12-20-22(15)23(18)24(29-20)26(34)35/h7,9-13,18,29H,2-6,8,28H2,1H3,(H,30,33)(H,31,32)(H,34,35). The van der Waals surface area contributed by atoms with Gasteiger partial charge in [-0.05, 0) is 85.0 Å². The second-order valence-electron chi connectivity index (χ2n) is 9.15. The second kappa shape index (κ2) is 10.00. The zero-order valence-electron chi connectivity index (χ0n) is 19.4. The molecule has 9 heteroatoms. The Kier molecular flexibility index (Phi) is 7.03. The molecular weight excluding hydrogens is 470 g/mol. The number of anilines is 2. The van der Waals surface area contributed by atoms with Crippen LogP contribution in [0.2, 0.25) is 5.02 Å². The van der Waals surface area contributed by atoms with E-state index >= 15 is 0 Å². The molecule has 1 aromatic heterocycles. The lowest BCUT2D eigenvalue weighted by molar-refractivity contribution is -0.137. The molecule has 0 radical (unpaired) electrons. The van der Waals surface area contributed by atoms with Gasteiger partial charge in [-0.3, -0.25) is 9.59 Å². The summed E-state index contributed by atoms with van der Waals surface area (Å²) in [6.45, 7) is 1.81. The zero-order chi connectivity index (χ0) is 25.3. The minimum atomic E-state index is -1.07. The van der Waals surface area contributed by atoms with Crippen LogP contribution >= 0.6 is 11.6 Å². The van der Waals surface area contributed by atoms with Gasteiger partial charge in [0.2, 0.25) is 5.91 Å². The highest BCUT2D eigenvalue weighted by Crippen LogP contribution is 2.44. The number of nitrogens with two attached hydrogens (primary N) is 1. The Morgan fingerprint density at radius 3 is 2.69 bits per heavy atom. The van der Waals surface area contributed by atoms with Crippen LogP contribution in [0.25, 0.3) is 10.9 Å². The van der Waals surface area contributed by atoms with Gasteiger partial charge in [-0.1, -0.05) is 18.5 Å². The zero-order valence-corrected chi connectivity index (χ0v) is 20.1. The minimum absolute atomic E-state index is 0.0897. The van der Waals surface area contributed by atoms with Crippen molar-refractivity contribution in [3.8, 4) is 0 Å². The molecule has 0 saturated carbocycles. The van der Waals surface area contributed by atoms with Gasteiger partial charge in [-0.15, -0.1) is 0 Å². The Morgan fingerprint density at radius 1 is 1.20 bits per heavy atom. The van der Waals surface area contributed by atoms with Crippen LogP contribution in [0, 0.1) is 5.92 Å². The number of rotatable bonds is 9. The fourth-order valence-electron chi connectivity index (χ4n) is 5.06. The predicted octanol–water partition coefficient (Wildman–Crippen LogP) is 5.20. The normalized spacial score (nSPS) is 15.7. The molecular formula is C26H28ClN3O5. The number of aromatic amines is 1. The summed E-state index contributed by atoms with van der Waals surface area (Å²) in [5.74, 6) is -2.89. The molecule has 0 aliphatic heterocycles. The Hall–Kier alpha value is -3.52. The van der Waals surface area contributed by atoms with Gasteiger partial charge in [0.15, 0.2) is 0 Å². The van der Waals surface area contributed by atoms with E-state index in [1.807, 2.05) is 13.0 Å². The van der Waals surface area contributed by atoms with Gasteiger partial charge in [0.05, 0.1) is 0 Å². The summed E-state index contributed by atoms with van der Waals surface area (Å²) in [5.41, 5.74) is 10.4. The number of aryl methyl sites for hydroxylation is 2. The third-order valence-electron chi connectivity index (χ3n) is 6.78. The first-order valence-electron chi connectivity index (χ1n) is 11.6. The largest absolute Gasteiger partial charge is 0.481 e. The number of aromatic nitrogens is 1. The van der Waals surface area contributed by atoms with Crippen LogP contribution in [0.3, 0.4) is 0 Å². The van der Waals surface area contributed by atoms with Gasteiger partial charge in [-0.2, -0.15) is 0 Å². The number of hydrogen-bond donors (Lipinski definition) is 5. The molecule has 4 rings (SSSR count). The molecule has 0 saturated heterocycles. The van der Waals surface area contributed by atoms with Crippen LogP contribution in [0.15, 0.2) is 30.3 Å². The average molecular weight is 498 g/mol. The number of nitrogens with one attached hydrogen (secondary N) is 2. The van der Waals surface area contributed by atoms with E-state index in [4.69, 9.17) is 22.4 Å². The van der Waals surface area contributed by atoms with E-state index in [1.165, 1.54) is 0 Å². The highest BCUT2D eigenvalue weighted by Gasteiger charge is 2.35. The third-order valence-corrected chi connectivity index (χ3v) is 7.00. The van der Waals surface area contributed by atoms with Gasteiger partial charge in [0.1, 0.15) is 5.69 Å². The molecule has 6 N–H and O–H groups in total. The maximum absolute atomic E-state index is 13.4. The van der Waals surface area contributed by atoms with E-state index < -0.39 is 17.9 Å². The van der Waals surface area contributed by atoms with E-state index in [0.717, 1.165) is 16.5 Å². The van der Waals surface area contributed by atoms with Gasteiger partial charge in [-0.25, -0.2) is 4.79 Å². The number of carboxylic acid groups (broad SMARTS) is 2. The van der Waals surface area contributed by atoms with Crippen LogP contribution in [-0.2, 0) is 22.4 Å². The lowest BCUT2D eigenvalue weighted by Gasteiger charge is -2.28. The highest BCUT2D eigenvalue weighted by atomic mass is 35.5. The topological polar surface area (TPSA) is 146 Å². The Balaban J connectivity index is 1.58. The predicted molar refractivity (Wildman–Crippen MR) is 135 cm³/mol. The quantitative estimate of drug-likeness (QED) is 0.203. The number of aliphatic carboxylic acids is 1. The van der Waals surface area contributed by atoms with Gasteiger partial charge in [0.25, 0.3) is 0 Å². The van der Waals surface area contributed by atoms with E-state index in [1.54, 1.807) is 24.3 Å². The molecule has 2 atom stereocenters. The first-order chi connectivity index (χ1) is 16.7. The Labute approximate surface area is 207 Å². The van der Waals surface area contributed by atoms with Crippen LogP contribution in [-0.4, -0.2) is 33.0 Å². The van der Waals surface area contributed by atoms with Crippen molar-refractivity contribution in [2.24, 2.45) is 5.92 Å². The number of carboxylic acids is 2. The maximum Gasteiger partial charge on any atom is 0.352 e. The SMILES string of the molecule is CC(C(=O)Nc1ccc(N)cc1CCCCC(=O)O)C1CCc2cc(Cl)cc3[nH]c(C(=O)O)c1c23. The molecule has 35 heavy (non-hydrogen) atoms. The number of carbonyl (C=O) groups excluding carboxylic acids is 1. The molecule has 0 bridgehead atoms. The minimum Gasteiger partial charge on any atom is -0.481 e. The molecule has 184 valence electrons. The van der Waals surface area contributed by atoms with Crippen LogP contribution in [0.5, 0.6) is 0 Å². The Morgan fingerprint density at radius 2 is 1.97 bits per heavy atom. The van der Waals surface area contributed by atoms with Gasteiger partial charge in [0, 0.05) is 39.6 Å². The van der Waals surface area contributed by atoms with E-state index in [-0.39, 0.29) is 23.9 Å². The number of aromatic carboxylic acids is 1. The molecule has 1 aliphatic carbocycles. The molecule has 2 unspecified atom stereocenters. The van der Waals surface area contributed by atoms with Crippen LogP contribution in [0.1, 0.15) is 65.7 Å². The summed E-state index contributed by atoms with van der Waals surface area (Å²) >= 11 is 6.22. The molecule has 1 amide bonds. The van der Waals surface area contributed by atoms with Crippen molar-refractivity contribution in [2.75, 3.05) is 11.1 Å². The number of benzene rings is 2. The van der Waals surface area contributed by atoms with Crippen molar-refractivity contribution in [3.05, 3.63) is 57.7 Å². The number of halogens is 1. The van der Waals surface area contributed by atoms with Crippen molar-refractivity contribution >= 4 is 51.7 Å². The van der Waals surface area contributed by atoms with Gasteiger partial charge >= 0.3 is 11.9 Å². The summed E-state index contributed by atoms with van der Waals surface area (Å²) in [6.07, 6.45) is 3.17. The number of carbonyl (C=O) groups is 3. The van der Waals surface area contributed by atoms with E-state index in [0.29, 0.717) is 59.6 Å². The lowest BCUT2D eigenvalue weighted by Crippen LogP contribution is -2.28. The number of unbranched alkanes of at least 4 members (excludes halogenated alkanes) is 1. The van der Waals surface area contributed by atoms with Crippen LogP contribution < -0.4 is 11.1 Å². The van der Waals surface area contributed by atoms with E-state index in [9.17, 15) is 19.5 Å². The highest BCUT2D eigenvalue weighted by molar-refractivity contribution is 6.31. The number of H-pyrrole nitrogens is 1. The van der Waals surface area contributed by atoms with Crippen molar-refractivity contribution < 1.29 is 24.6 Å². The summed E-state index contributed by atoms with van der Waals surface area (Å²) in [7, 11) is 0. The van der Waals surface area contributed by atoms with Gasteiger partial charge < -0.3 is 26.2 Å². The first-order valence-corrected chi connectivity index (χ1v) is 12.0. The van der Waals surface area contributed by atoms with Crippen molar-refractivity contribution in [3.63, 3.8) is 0 Å². The molecule has 1 aliphatic rings. The molecule has 0 fully saturated rings. The maximum atomic E-state index is 13.4. The van der Waals surface area contributed by atoms with Crippen LogP contribution in [0.4, 0.5) is 11.4 Å². The number of amides is 1. The van der Waals surface area contributed by atoms with Crippen molar-refractivity contribution in [1.29, 1.82) is 0 Å². The molecule has 8 nitrogen and oxygen atoms in total. The second-order valence-corrected chi connectivity index (χ2v) is 9.58. The first kappa shape index (κ1) is 24.6. The smallest absolute Gasteiger partial charge is 0.352 e. The summed E-state index contributed by atoms with van der Waals surface area (Å²) < 4.78 is 0. The number of nitrogen functional groups attached to an aromatic ring is 1. The molecule has 3 aromatic rings. The average Bonchev–Trinajstić information content (AvgIpc) is 3.18. The fourth-order valence-corrected chi connectivity index (χ4v) is 5.30. The fraction of sp³-hybridized carbons (Fsp3) is 0.346. The van der Waals surface area contributed by atoms with Crippen molar-refractivity contribution in [2.45, 2.75) is 51.4 Å². The monoisotopic (exact) mass is 497 g/mol. The number of hydrogen-bond acceptors (Lipinski definition) is 4. The summed E-state index contributed by atoms with van der Waals surface area (Å²) in [4.78, 5) is 39.2. The molecule has 1 heterocycles.